The smallest absolute Gasteiger partial charge is 0.263 e. The third-order valence-corrected chi connectivity index (χ3v) is 6.22. The van der Waals surface area contributed by atoms with Crippen molar-refractivity contribution in [1.29, 1.82) is 0 Å². The molecule has 0 saturated carbocycles. The summed E-state index contributed by atoms with van der Waals surface area (Å²) in [7, 11) is -3.79. The maximum Gasteiger partial charge on any atom is 0.263 e. The van der Waals surface area contributed by atoms with Crippen LogP contribution in [0.4, 0.5) is 0 Å². The highest BCUT2D eigenvalue weighted by Crippen LogP contribution is 2.23. The van der Waals surface area contributed by atoms with Gasteiger partial charge in [-0.3, -0.25) is 4.72 Å². The third-order valence-electron chi connectivity index (χ3n) is 4.85. The van der Waals surface area contributed by atoms with Gasteiger partial charge in [0.25, 0.3) is 10.0 Å². The van der Waals surface area contributed by atoms with E-state index in [2.05, 4.69) is 14.8 Å². The highest BCUT2D eigenvalue weighted by atomic mass is 32.2. The first-order valence-corrected chi connectivity index (χ1v) is 10.9. The number of aryl methyl sites for hydroxylation is 2. The quantitative estimate of drug-likeness (QED) is 0.691. The summed E-state index contributed by atoms with van der Waals surface area (Å²) < 4.78 is 35.7. The van der Waals surface area contributed by atoms with E-state index < -0.39 is 10.0 Å². The lowest BCUT2D eigenvalue weighted by Gasteiger charge is -2.16. The van der Waals surface area contributed by atoms with Crippen molar-refractivity contribution < 1.29 is 12.8 Å². The summed E-state index contributed by atoms with van der Waals surface area (Å²) in [5.41, 5.74) is 3.86. The second kappa shape index (κ2) is 7.71. The fourth-order valence-electron chi connectivity index (χ4n) is 3.17. The number of benzene rings is 1. The fourth-order valence-corrected chi connectivity index (χ4v) is 4.21. The first kappa shape index (κ1) is 19.2. The molecule has 1 aliphatic rings. The number of nitrogens with zero attached hydrogens (tertiary/aromatic N) is 3. The zero-order valence-electron chi connectivity index (χ0n) is 16.3. The Morgan fingerprint density at radius 1 is 1.17 bits per heavy atom. The molecule has 0 atom stereocenters. The predicted molar refractivity (Wildman–Crippen MR) is 110 cm³/mol. The number of allylic oxidation sites excluding steroid dienone is 3. The molecule has 150 valence electrons. The summed E-state index contributed by atoms with van der Waals surface area (Å²) in [5.74, 6) is 0.997. The van der Waals surface area contributed by atoms with Crippen LogP contribution in [0.5, 0.6) is 0 Å². The molecule has 0 radical (unpaired) electrons. The van der Waals surface area contributed by atoms with Crippen molar-refractivity contribution in [3.8, 4) is 11.3 Å². The van der Waals surface area contributed by atoms with Crippen LogP contribution in [-0.4, -0.2) is 23.2 Å². The zero-order chi connectivity index (χ0) is 20.4. The molecule has 3 heterocycles. The fraction of sp³-hybridized carbons (Fsp3) is 0.238. The highest BCUT2D eigenvalue weighted by Gasteiger charge is 2.20. The molecule has 0 saturated heterocycles. The minimum Gasteiger partial charge on any atom is -0.444 e. The number of fused-ring (bicyclic) bond motifs is 1. The third kappa shape index (κ3) is 4.02. The number of rotatable bonds is 5. The SMILES string of the molecule is CCc1cc2n(n1)C(NS(=O)(=O)c1ccc(-c3cnco3)cc1)=CC=C(C)CC2. The largest absolute Gasteiger partial charge is 0.444 e. The number of aromatic nitrogens is 3. The molecule has 1 aromatic carbocycles. The molecule has 1 N–H and O–H groups in total. The van der Waals surface area contributed by atoms with Gasteiger partial charge in [0.2, 0.25) is 0 Å². The minimum absolute atomic E-state index is 0.161. The molecule has 0 aliphatic carbocycles. The number of sulfonamides is 1. The average molecular weight is 410 g/mol. The maximum absolute atomic E-state index is 13.0. The lowest BCUT2D eigenvalue weighted by molar-refractivity contribution is 0.571. The van der Waals surface area contributed by atoms with E-state index in [1.807, 2.05) is 26.0 Å². The van der Waals surface area contributed by atoms with Crippen LogP contribution in [-0.2, 0) is 22.9 Å². The molecule has 0 amide bonds. The van der Waals surface area contributed by atoms with Crippen molar-refractivity contribution >= 4 is 15.8 Å². The van der Waals surface area contributed by atoms with E-state index in [0.717, 1.165) is 36.2 Å². The van der Waals surface area contributed by atoms with Crippen LogP contribution in [0.1, 0.15) is 31.7 Å². The molecule has 3 aromatic rings. The highest BCUT2D eigenvalue weighted by molar-refractivity contribution is 7.89. The predicted octanol–water partition coefficient (Wildman–Crippen LogP) is 3.77. The van der Waals surface area contributed by atoms with Gasteiger partial charge in [-0.25, -0.2) is 18.1 Å². The molecule has 8 heteroatoms. The summed E-state index contributed by atoms with van der Waals surface area (Å²) in [4.78, 5) is 4.04. The Kier molecular flexibility index (Phi) is 5.10. The van der Waals surface area contributed by atoms with Gasteiger partial charge in [0, 0.05) is 11.3 Å². The first-order chi connectivity index (χ1) is 14.0. The lowest BCUT2D eigenvalue weighted by Crippen LogP contribution is -2.27. The summed E-state index contributed by atoms with van der Waals surface area (Å²) >= 11 is 0. The number of nitrogens with one attached hydrogen (secondary N) is 1. The van der Waals surface area contributed by atoms with Gasteiger partial charge in [-0.2, -0.15) is 5.10 Å². The zero-order valence-corrected chi connectivity index (χ0v) is 17.1. The van der Waals surface area contributed by atoms with Crippen LogP contribution < -0.4 is 4.72 Å². The van der Waals surface area contributed by atoms with Gasteiger partial charge in [-0.15, -0.1) is 0 Å². The van der Waals surface area contributed by atoms with E-state index in [9.17, 15) is 8.42 Å². The lowest BCUT2D eigenvalue weighted by atomic mass is 10.1. The van der Waals surface area contributed by atoms with E-state index in [1.165, 1.54) is 12.0 Å². The average Bonchev–Trinajstić information content (AvgIpc) is 3.38. The topological polar surface area (TPSA) is 90.0 Å². The van der Waals surface area contributed by atoms with E-state index in [4.69, 9.17) is 4.42 Å². The summed E-state index contributed by atoms with van der Waals surface area (Å²) in [5, 5.41) is 4.58. The Hall–Kier alpha value is -3.13. The van der Waals surface area contributed by atoms with Gasteiger partial charge in [0.1, 0.15) is 5.82 Å². The summed E-state index contributed by atoms with van der Waals surface area (Å²) in [6.45, 7) is 4.07. The van der Waals surface area contributed by atoms with Crippen molar-refractivity contribution in [1.82, 2.24) is 19.5 Å². The Morgan fingerprint density at radius 2 is 1.97 bits per heavy atom. The summed E-state index contributed by atoms with van der Waals surface area (Å²) in [6.07, 6.45) is 9.13. The van der Waals surface area contributed by atoms with Gasteiger partial charge >= 0.3 is 0 Å². The normalized spacial score (nSPS) is 14.4. The molecule has 29 heavy (non-hydrogen) atoms. The second-order valence-electron chi connectivity index (χ2n) is 6.95. The van der Waals surface area contributed by atoms with Crippen LogP contribution in [0.15, 0.2) is 70.0 Å². The number of oxazole rings is 1. The van der Waals surface area contributed by atoms with E-state index in [1.54, 1.807) is 41.2 Å². The molecule has 0 spiro atoms. The molecule has 7 nitrogen and oxygen atoms in total. The van der Waals surface area contributed by atoms with Crippen LogP contribution in [0.2, 0.25) is 0 Å². The molecule has 0 bridgehead atoms. The van der Waals surface area contributed by atoms with Gasteiger partial charge in [-0.1, -0.05) is 18.6 Å². The molecular formula is C21H22N4O3S. The Morgan fingerprint density at radius 3 is 2.66 bits per heavy atom. The van der Waals surface area contributed by atoms with Gasteiger partial charge in [-0.05, 0) is 62.6 Å². The van der Waals surface area contributed by atoms with Crippen molar-refractivity contribution in [3.05, 3.63) is 72.0 Å². The molecular weight excluding hydrogens is 388 g/mol. The van der Waals surface area contributed by atoms with Crippen molar-refractivity contribution in [2.75, 3.05) is 0 Å². The minimum atomic E-state index is -3.79. The molecule has 4 rings (SSSR count). The van der Waals surface area contributed by atoms with Crippen molar-refractivity contribution in [3.63, 3.8) is 0 Å². The van der Waals surface area contributed by atoms with Crippen LogP contribution in [0.25, 0.3) is 17.1 Å². The van der Waals surface area contributed by atoms with Crippen LogP contribution in [0.3, 0.4) is 0 Å². The van der Waals surface area contributed by atoms with Crippen LogP contribution in [0, 0.1) is 0 Å². The maximum atomic E-state index is 13.0. The van der Waals surface area contributed by atoms with Gasteiger partial charge in [0.05, 0.1) is 16.8 Å². The standard InChI is InChI=1S/C21H22N4O3S/c1-3-17-12-18-8-4-15(2)5-11-21(25(18)23-17)24-29(26,27)19-9-6-16(7-10-19)20-13-22-14-28-20/h5-7,9-14,24H,3-4,8H2,1-2H3. The van der Waals surface area contributed by atoms with Gasteiger partial charge < -0.3 is 4.42 Å². The Labute approximate surface area is 169 Å². The van der Waals surface area contributed by atoms with Crippen molar-refractivity contribution in [2.24, 2.45) is 0 Å². The number of hydrogen-bond acceptors (Lipinski definition) is 5. The van der Waals surface area contributed by atoms with E-state index in [-0.39, 0.29) is 4.90 Å². The van der Waals surface area contributed by atoms with E-state index >= 15 is 0 Å². The Bertz CT molecular complexity index is 1170. The number of hydrogen-bond donors (Lipinski definition) is 1. The first-order valence-electron chi connectivity index (χ1n) is 9.43. The van der Waals surface area contributed by atoms with Gasteiger partial charge in [0.15, 0.2) is 12.2 Å². The van der Waals surface area contributed by atoms with E-state index in [0.29, 0.717) is 11.6 Å². The van der Waals surface area contributed by atoms with Crippen molar-refractivity contribution in [2.45, 2.75) is 38.0 Å². The molecule has 0 unspecified atom stereocenters. The summed E-state index contributed by atoms with van der Waals surface area (Å²) in [6, 6.07) is 8.52. The van der Waals surface area contributed by atoms with Crippen LogP contribution >= 0.6 is 0 Å². The molecule has 0 fully saturated rings. The molecule has 1 aliphatic heterocycles. The Balaban J connectivity index is 1.66. The monoisotopic (exact) mass is 410 g/mol. The second-order valence-corrected chi connectivity index (χ2v) is 8.64. The molecule has 2 aromatic heterocycles.